The van der Waals surface area contributed by atoms with Crippen LogP contribution in [0.3, 0.4) is 0 Å². The monoisotopic (exact) mass is 578 g/mol. The third kappa shape index (κ3) is 6.25. The van der Waals surface area contributed by atoms with Gasteiger partial charge in [0.1, 0.15) is 12.4 Å². The van der Waals surface area contributed by atoms with Gasteiger partial charge in [-0.1, -0.05) is 64.6 Å². The molecule has 0 radical (unpaired) electrons. The van der Waals surface area contributed by atoms with E-state index in [2.05, 4.69) is 0 Å². The Morgan fingerprint density at radius 1 is 0.842 bits per heavy atom. The lowest BCUT2D eigenvalue weighted by molar-refractivity contribution is -0.113. The Balaban J connectivity index is 1.50. The van der Waals surface area contributed by atoms with Gasteiger partial charge in [0.15, 0.2) is 5.17 Å². The van der Waals surface area contributed by atoms with Crippen molar-refractivity contribution in [1.29, 1.82) is 0 Å². The Morgan fingerprint density at radius 2 is 1.47 bits per heavy atom. The number of thioether (sulfide) groups is 1. The summed E-state index contributed by atoms with van der Waals surface area (Å²) in [6.45, 7) is 2.43. The first-order valence-corrected chi connectivity index (χ1v) is 13.6. The Hall–Kier alpha value is -3.22. The van der Waals surface area contributed by atoms with Gasteiger partial charge in [0.05, 0.1) is 16.3 Å². The van der Waals surface area contributed by atoms with Crippen LogP contribution in [0.1, 0.15) is 16.7 Å². The smallest absolute Gasteiger partial charge is 0.271 e. The van der Waals surface area contributed by atoms with Crippen molar-refractivity contribution in [2.75, 3.05) is 4.90 Å². The Labute approximate surface area is 240 Å². The molecule has 0 atom stereocenters. The number of benzene rings is 4. The number of hydrogen-bond acceptors (Lipinski definition) is 4. The lowest BCUT2D eigenvalue weighted by Crippen LogP contribution is -2.28. The van der Waals surface area contributed by atoms with Gasteiger partial charge < -0.3 is 4.74 Å². The average molecular weight is 580 g/mol. The molecule has 0 bridgehead atoms. The van der Waals surface area contributed by atoms with E-state index in [1.807, 2.05) is 37.3 Å². The van der Waals surface area contributed by atoms with Crippen LogP contribution >= 0.6 is 46.6 Å². The predicted octanol–water partition coefficient (Wildman–Crippen LogP) is 9.34. The molecule has 4 aromatic rings. The largest absolute Gasteiger partial charge is 0.488 e. The molecule has 5 rings (SSSR count). The number of halogens is 3. The van der Waals surface area contributed by atoms with E-state index in [1.165, 1.54) is 17.3 Å². The fourth-order valence-electron chi connectivity index (χ4n) is 3.74. The number of ether oxygens (including phenoxy) is 1. The molecular formula is C30H21Cl3N2O2S. The van der Waals surface area contributed by atoms with Crippen molar-refractivity contribution < 1.29 is 9.53 Å². The fraction of sp³-hybridized carbons (Fsp3) is 0.0667. The minimum Gasteiger partial charge on any atom is -0.488 e. The van der Waals surface area contributed by atoms with Crippen LogP contribution in [0.4, 0.5) is 11.4 Å². The average Bonchev–Trinajstić information content (AvgIpc) is 3.20. The zero-order valence-corrected chi connectivity index (χ0v) is 23.3. The lowest BCUT2D eigenvalue weighted by Gasteiger charge is -2.15. The molecular weight excluding hydrogens is 559 g/mol. The molecule has 0 spiro atoms. The molecule has 1 aliphatic rings. The van der Waals surface area contributed by atoms with Crippen molar-refractivity contribution in [2.45, 2.75) is 13.5 Å². The maximum atomic E-state index is 13.7. The topological polar surface area (TPSA) is 41.9 Å². The van der Waals surface area contributed by atoms with Crippen LogP contribution in [0, 0.1) is 6.92 Å². The summed E-state index contributed by atoms with van der Waals surface area (Å²) in [5, 5.41) is 2.24. The van der Waals surface area contributed by atoms with Crippen LogP contribution < -0.4 is 9.64 Å². The number of carbonyl (C=O) groups is 1. The van der Waals surface area contributed by atoms with Gasteiger partial charge in [0, 0.05) is 20.6 Å². The minimum absolute atomic E-state index is 0.213. The number of hydrogen-bond donors (Lipinski definition) is 0. The first-order chi connectivity index (χ1) is 18.4. The van der Waals surface area contributed by atoms with Gasteiger partial charge in [0.2, 0.25) is 0 Å². The lowest BCUT2D eigenvalue weighted by atomic mass is 10.1. The molecule has 1 aliphatic heterocycles. The normalized spacial score (nSPS) is 15.5. The fourth-order valence-corrected chi connectivity index (χ4v) is 5.17. The van der Waals surface area contributed by atoms with Crippen molar-refractivity contribution in [3.63, 3.8) is 0 Å². The molecule has 4 nitrogen and oxygen atoms in total. The first-order valence-electron chi connectivity index (χ1n) is 11.7. The maximum Gasteiger partial charge on any atom is 0.271 e. The molecule has 1 fully saturated rings. The SMILES string of the molecule is Cc1ccc(COc2ccc(Cl)cc2/C=C2\SC(=Nc3ccc(Cl)cc3)N(c3ccc(Cl)cc3)C2=O)cc1. The van der Waals surface area contributed by atoms with Crippen LogP contribution in [-0.2, 0) is 11.4 Å². The second-order valence-corrected chi connectivity index (χ2v) is 10.9. The highest BCUT2D eigenvalue weighted by atomic mass is 35.5. The van der Waals surface area contributed by atoms with Crippen LogP contribution in [0.25, 0.3) is 6.08 Å². The Kier molecular flexibility index (Phi) is 8.10. The van der Waals surface area contributed by atoms with E-state index in [0.29, 0.717) is 54.4 Å². The number of aryl methyl sites for hydroxylation is 1. The van der Waals surface area contributed by atoms with Gasteiger partial charge in [-0.05, 0) is 97.1 Å². The summed E-state index contributed by atoms with van der Waals surface area (Å²) < 4.78 is 6.13. The molecule has 1 amide bonds. The van der Waals surface area contributed by atoms with E-state index in [9.17, 15) is 4.79 Å². The molecule has 1 saturated heterocycles. The zero-order chi connectivity index (χ0) is 26.6. The number of amides is 1. The van der Waals surface area contributed by atoms with E-state index in [-0.39, 0.29) is 5.91 Å². The van der Waals surface area contributed by atoms with E-state index in [4.69, 9.17) is 44.5 Å². The number of aliphatic imine (C=N–C) groups is 1. The standard InChI is InChI=1S/C30H21Cl3N2O2S/c1-19-2-4-20(5-3-19)18-37-27-15-10-24(33)16-21(27)17-28-29(36)35(26-13-8-23(32)9-14-26)30(38-28)34-25-11-6-22(31)7-12-25/h2-17H,18H2,1H3/b28-17-,34-30?. The Morgan fingerprint density at radius 3 is 2.16 bits per heavy atom. The maximum absolute atomic E-state index is 13.7. The van der Waals surface area contributed by atoms with Crippen molar-refractivity contribution >= 4 is 75.1 Å². The van der Waals surface area contributed by atoms with Gasteiger partial charge in [-0.3, -0.25) is 9.69 Å². The van der Waals surface area contributed by atoms with E-state index in [0.717, 1.165) is 5.56 Å². The van der Waals surface area contributed by atoms with Crippen LogP contribution in [0.2, 0.25) is 15.1 Å². The summed E-state index contributed by atoms with van der Waals surface area (Å²) in [6, 6.07) is 27.7. The number of amidine groups is 1. The predicted molar refractivity (Wildman–Crippen MR) is 160 cm³/mol. The molecule has 1 heterocycles. The van der Waals surface area contributed by atoms with Gasteiger partial charge in [-0.2, -0.15) is 0 Å². The Bertz CT molecular complexity index is 1530. The minimum atomic E-state index is -0.213. The van der Waals surface area contributed by atoms with Crippen molar-refractivity contribution in [3.8, 4) is 5.75 Å². The van der Waals surface area contributed by atoms with E-state index in [1.54, 1.807) is 71.6 Å². The van der Waals surface area contributed by atoms with Gasteiger partial charge in [-0.15, -0.1) is 0 Å². The second kappa shape index (κ2) is 11.7. The molecule has 0 saturated carbocycles. The van der Waals surface area contributed by atoms with Crippen molar-refractivity contribution in [3.05, 3.63) is 128 Å². The van der Waals surface area contributed by atoms with Crippen molar-refractivity contribution in [1.82, 2.24) is 0 Å². The van der Waals surface area contributed by atoms with Crippen LogP contribution in [-0.4, -0.2) is 11.1 Å². The van der Waals surface area contributed by atoms with Gasteiger partial charge in [0.25, 0.3) is 5.91 Å². The van der Waals surface area contributed by atoms with Gasteiger partial charge >= 0.3 is 0 Å². The zero-order valence-electron chi connectivity index (χ0n) is 20.2. The third-order valence-corrected chi connectivity index (χ3v) is 7.42. The van der Waals surface area contributed by atoms with E-state index < -0.39 is 0 Å². The quantitative estimate of drug-likeness (QED) is 0.214. The molecule has 190 valence electrons. The molecule has 4 aromatic carbocycles. The number of nitrogens with zero attached hydrogens (tertiary/aromatic N) is 2. The summed E-state index contributed by atoms with van der Waals surface area (Å²) in [4.78, 5) is 20.5. The highest BCUT2D eigenvalue weighted by molar-refractivity contribution is 8.19. The third-order valence-electron chi connectivity index (χ3n) is 5.72. The number of anilines is 1. The second-order valence-electron chi connectivity index (χ2n) is 8.55. The molecule has 38 heavy (non-hydrogen) atoms. The number of carbonyl (C=O) groups excluding carboxylic acids is 1. The highest BCUT2D eigenvalue weighted by Crippen LogP contribution is 2.39. The molecule has 0 unspecified atom stereocenters. The number of rotatable bonds is 6. The summed E-state index contributed by atoms with van der Waals surface area (Å²) >= 11 is 19.7. The summed E-state index contributed by atoms with van der Waals surface area (Å²) in [5.41, 5.74) is 4.26. The molecule has 0 N–H and O–H groups in total. The molecule has 8 heteroatoms. The van der Waals surface area contributed by atoms with E-state index >= 15 is 0 Å². The van der Waals surface area contributed by atoms with Crippen LogP contribution in [0.5, 0.6) is 5.75 Å². The first kappa shape index (κ1) is 26.4. The van der Waals surface area contributed by atoms with Crippen LogP contribution in [0.15, 0.2) is 101 Å². The van der Waals surface area contributed by atoms with Crippen molar-refractivity contribution in [2.24, 2.45) is 4.99 Å². The van der Waals surface area contributed by atoms with Gasteiger partial charge in [-0.25, -0.2) is 4.99 Å². The molecule has 0 aliphatic carbocycles. The molecule has 0 aromatic heterocycles. The summed E-state index contributed by atoms with van der Waals surface area (Å²) in [5.74, 6) is 0.409. The summed E-state index contributed by atoms with van der Waals surface area (Å²) in [6.07, 6.45) is 1.79. The summed E-state index contributed by atoms with van der Waals surface area (Å²) in [7, 11) is 0. The highest BCUT2D eigenvalue weighted by Gasteiger charge is 2.35.